The van der Waals surface area contributed by atoms with Crippen molar-refractivity contribution in [2.45, 2.75) is 59.0 Å². The predicted molar refractivity (Wildman–Crippen MR) is 183 cm³/mol. The molecule has 0 spiro atoms. The number of carbonyl (C=O) groups is 2. The van der Waals surface area contributed by atoms with E-state index in [9.17, 15) is 9.59 Å². The largest absolute Gasteiger partial charge is 0.443 e. The Bertz CT molecular complexity index is 2060. The molecule has 0 saturated carbocycles. The van der Waals surface area contributed by atoms with Crippen LogP contribution >= 0.6 is 0 Å². The van der Waals surface area contributed by atoms with E-state index in [1.807, 2.05) is 42.5 Å². The molecule has 0 aliphatic carbocycles. The highest BCUT2D eigenvalue weighted by atomic mass is 16.4. The molecule has 3 N–H and O–H groups in total. The Labute approximate surface area is 282 Å². The van der Waals surface area contributed by atoms with Gasteiger partial charge in [-0.25, -0.2) is 24.9 Å². The summed E-state index contributed by atoms with van der Waals surface area (Å²) < 4.78 is 17.7. The van der Waals surface area contributed by atoms with Gasteiger partial charge >= 0.3 is 0 Å². The summed E-state index contributed by atoms with van der Waals surface area (Å²) in [6.45, 7) is 7.97. The van der Waals surface area contributed by atoms with E-state index in [0.29, 0.717) is 53.5 Å². The van der Waals surface area contributed by atoms with E-state index < -0.39 is 6.04 Å². The van der Waals surface area contributed by atoms with Crippen LogP contribution in [0, 0.1) is 5.92 Å². The third-order valence-corrected chi connectivity index (χ3v) is 8.87. The van der Waals surface area contributed by atoms with Gasteiger partial charge in [0.1, 0.15) is 23.9 Å². The Morgan fingerprint density at radius 3 is 2.43 bits per heavy atom. The van der Waals surface area contributed by atoms with Gasteiger partial charge in [0.05, 0.1) is 28.9 Å². The molecule has 3 aromatic heterocycles. The van der Waals surface area contributed by atoms with Crippen LogP contribution in [0.2, 0.25) is 0 Å². The molecular formula is C36H36N8O5. The molecular weight excluding hydrogens is 624 g/mol. The highest BCUT2D eigenvalue weighted by molar-refractivity contribution is 6.13. The first-order chi connectivity index (χ1) is 23.8. The molecule has 0 fully saturated rings. The maximum atomic E-state index is 14.0. The summed E-state index contributed by atoms with van der Waals surface area (Å²) in [5, 5.41) is 9.33. The fraction of sp³-hybridized carbons (Fsp3) is 0.306. The van der Waals surface area contributed by atoms with Crippen molar-refractivity contribution in [3.8, 4) is 22.9 Å². The number of nitrogens with one attached hydrogen (secondary N) is 3. The Morgan fingerprint density at radius 1 is 0.918 bits per heavy atom. The number of oxazole rings is 3. The highest BCUT2D eigenvalue weighted by Crippen LogP contribution is 2.33. The van der Waals surface area contributed by atoms with Gasteiger partial charge in [-0.1, -0.05) is 62.8 Å². The molecule has 10 bridgehead atoms. The average Bonchev–Trinajstić information content (AvgIpc) is 3.96. The number of hydrogen-bond acceptors (Lipinski definition) is 11. The average molecular weight is 661 g/mol. The molecule has 3 aliphatic heterocycles. The summed E-state index contributed by atoms with van der Waals surface area (Å²) in [6.07, 6.45) is 10.4. The molecule has 1 aromatic carbocycles. The van der Waals surface area contributed by atoms with Crippen molar-refractivity contribution in [2.24, 2.45) is 15.9 Å². The number of allylic oxidation sites excluding steroid dienone is 4. The van der Waals surface area contributed by atoms with E-state index in [1.165, 1.54) is 12.5 Å². The van der Waals surface area contributed by atoms with Crippen molar-refractivity contribution in [1.82, 2.24) is 30.9 Å². The number of amides is 2. The number of fused-ring (bicyclic) bond motifs is 12. The molecule has 4 aromatic rings. The number of rotatable bonds is 3. The van der Waals surface area contributed by atoms with Gasteiger partial charge in [-0.2, -0.15) is 0 Å². The molecule has 7 rings (SSSR count). The van der Waals surface area contributed by atoms with Crippen LogP contribution in [0.25, 0.3) is 34.3 Å². The third-order valence-electron chi connectivity index (χ3n) is 8.87. The standard InChI is InChI=1S/C36H36N8O5/c1-5-19(3)27-16-37-20(4)32(45)40-22(6-2)34-43-29(18-48-34)35-42-28(17-47-35)25-13-12-23(38-25)24-14-15-26(39-24)36-44-30(33(46)41-27)31(49-36)21-10-8-7-9-11-21/h6-12,15,17-20,27,37H,5,13-14,16H2,1-4H3,(H,40,45)(H,41,46)/b22-6-/t19-,20?,27-/m0/s1. The maximum Gasteiger partial charge on any atom is 0.274 e. The van der Waals surface area contributed by atoms with Crippen molar-refractivity contribution < 1.29 is 22.8 Å². The lowest BCUT2D eigenvalue weighted by Gasteiger charge is -2.26. The maximum absolute atomic E-state index is 14.0. The Hall–Kier alpha value is -5.69. The van der Waals surface area contributed by atoms with Crippen molar-refractivity contribution >= 4 is 34.6 Å². The summed E-state index contributed by atoms with van der Waals surface area (Å²) in [5.74, 6) is 0.472. The zero-order valence-corrected chi connectivity index (χ0v) is 27.6. The van der Waals surface area contributed by atoms with Crippen molar-refractivity contribution in [1.29, 1.82) is 0 Å². The third kappa shape index (κ3) is 6.44. The van der Waals surface area contributed by atoms with Crippen LogP contribution in [0.4, 0.5) is 0 Å². The van der Waals surface area contributed by atoms with E-state index in [2.05, 4.69) is 44.7 Å². The number of carbonyl (C=O) groups excluding carboxylic acids is 2. The van der Waals surface area contributed by atoms with Gasteiger partial charge in [0.2, 0.25) is 23.6 Å². The molecule has 49 heavy (non-hydrogen) atoms. The SMILES string of the molecule is C/C=C1\NC(=O)C(C)NC[C@@H]([C@@H](C)CC)NC(=O)c2nc(oc2-c2ccccc2)C2=CCC(=N2)C2=CCC(=N2)c2coc(n2)-c2coc1n2. The Balaban J connectivity index is 1.26. The zero-order valence-electron chi connectivity index (χ0n) is 27.6. The molecule has 250 valence electrons. The number of aliphatic imine (C=N–C) groups is 2. The summed E-state index contributed by atoms with van der Waals surface area (Å²) in [5.41, 5.74) is 4.94. The number of hydrogen-bond donors (Lipinski definition) is 3. The van der Waals surface area contributed by atoms with Crippen LogP contribution in [0.3, 0.4) is 0 Å². The Kier molecular flexibility index (Phi) is 8.74. The molecule has 3 aliphatic rings. The van der Waals surface area contributed by atoms with E-state index >= 15 is 0 Å². The molecule has 2 amide bonds. The first-order valence-electron chi connectivity index (χ1n) is 16.4. The topological polar surface area (TPSA) is 173 Å². The van der Waals surface area contributed by atoms with Gasteiger partial charge in [0.25, 0.3) is 5.91 Å². The van der Waals surface area contributed by atoms with Gasteiger partial charge in [-0.15, -0.1) is 0 Å². The lowest BCUT2D eigenvalue weighted by atomic mass is 9.98. The summed E-state index contributed by atoms with van der Waals surface area (Å²) >= 11 is 0. The van der Waals surface area contributed by atoms with Gasteiger partial charge in [-0.3, -0.25) is 9.59 Å². The van der Waals surface area contributed by atoms with Crippen molar-refractivity contribution in [2.75, 3.05) is 6.54 Å². The van der Waals surface area contributed by atoms with Gasteiger partial charge in [-0.05, 0) is 25.8 Å². The van der Waals surface area contributed by atoms with Crippen LogP contribution in [0.5, 0.6) is 0 Å². The van der Waals surface area contributed by atoms with Gasteiger partial charge < -0.3 is 29.2 Å². The fourth-order valence-corrected chi connectivity index (χ4v) is 5.69. The minimum absolute atomic E-state index is 0.0826. The first-order valence-corrected chi connectivity index (χ1v) is 16.4. The molecule has 3 atom stereocenters. The first kappa shape index (κ1) is 31.9. The number of aromatic nitrogens is 3. The monoisotopic (exact) mass is 660 g/mol. The molecule has 13 nitrogen and oxygen atoms in total. The van der Waals surface area contributed by atoms with E-state index in [4.69, 9.17) is 23.2 Å². The van der Waals surface area contributed by atoms with E-state index in [0.717, 1.165) is 23.5 Å². The predicted octanol–water partition coefficient (Wildman–Crippen LogP) is 5.56. The molecule has 1 unspecified atom stereocenters. The van der Waals surface area contributed by atoms with Gasteiger partial charge in [0, 0.05) is 31.0 Å². The summed E-state index contributed by atoms with van der Waals surface area (Å²) in [4.78, 5) is 50.7. The minimum atomic E-state index is -0.613. The van der Waals surface area contributed by atoms with Crippen LogP contribution in [0.1, 0.15) is 74.9 Å². The molecule has 0 saturated heterocycles. The molecule has 6 heterocycles. The zero-order chi connectivity index (χ0) is 34.1. The van der Waals surface area contributed by atoms with Crippen LogP contribution in [-0.2, 0) is 4.79 Å². The fourth-order valence-electron chi connectivity index (χ4n) is 5.69. The second-order valence-corrected chi connectivity index (χ2v) is 12.1. The lowest BCUT2D eigenvalue weighted by molar-refractivity contribution is -0.121. The second-order valence-electron chi connectivity index (χ2n) is 12.1. The highest BCUT2D eigenvalue weighted by Gasteiger charge is 2.29. The summed E-state index contributed by atoms with van der Waals surface area (Å²) in [6, 6.07) is 8.47. The molecule has 0 radical (unpaired) electrons. The lowest BCUT2D eigenvalue weighted by Crippen LogP contribution is -2.50. The summed E-state index contributed by atoms with van der Waals surface area (Å²) in [7, 11) is 0. The van der Waals surface area contributed by atoms with Crippen molar-refractivity contribution in [3.05, 3.63) is 90.0 Å². The molecule has 13 heteroatoms. The smallest absolute Gasteiger partial charge is 0.274 e. The van der Waals surface area contributed by atoms with Crippen LogP contribution < -0.4 is 16.0 Å². The minimum Gasteiger partial charge on any atom is -0.443 e. The van der Waals surface area contributed by atoms with E-state index in [-0.39, 0.29) is 47.1 Å². The Morgan fingerprint density at radius 2 is 1.63 bits per heavy atom. The second kappa shape index (κ2) is 13.4. The number of benzene rings is 1. The number of nitrogens with zero attached hydrogens (tertiary/aromatic N) is 5. The van der Waals surface area contributed by atoms with Crippen LogP contribution in [-0.4, -0.2) is 56.8 Å². The normalized spacial score (nSPS) is 21.3. The quantitative estimate of drug-likeness (QED) is 0.254. The van der Waals surface area contributed by atoms with Crippen LogP contribution in [0.15, 0.2) is 90.0 Å². The van der Waals surface area contributed by atoms with Gasteiger partial charge in [0.15, 0.2) is 17.1 Å². The van der Waals surface area contributed by atoms with Crippen molar-refractivity contribution in [3.63, 3.8) is 0 Å². The van der Waals surface area contributed by atoms with E-state index in [1.54, 1.807) is 19.9 Å².